The summed E-state index contributed by atoms with van der Waals surface area (Å²) in [6.07, 6.45) is 7.29. The average Bonchev–Trinajstić information content (AvgIpc) is 2.61. The van der Waals surface area contributed by atoms with Gasteiger partial charge in [-0.3, -0.25) is 4.31 Å². The van der Waals surface area contributed by atoms with Crippen LogP contribution in [-0.2, 0) is 6.42 Å². The van der Waals surface area contributed by atoms with Crippen molar-refractivity contribution < 1.29 is 0 Å². The van der Waals surface area contributed by atoms with Crippen molar-refractivity contribution in [3.8, 4) is 0 Å². The van der Waals surface area contributed by atoms with Gasteiger partial charge in [0, 0.05) is 17.5 Å². The first-order valence-electron chi connectivity index (χ1n) is 11.3. The molecule has 0 unspecified atom stereocenters. The molecule has 1 aromatic rings. The van der Waals surface area contributed by atoms with E-state index in [9.17, 15) is 0 Å². The molecule has 1 aliphatic rings. The third kappa shape index (κ3) is 6.95. The quantitative estimate of drug-likeness (QED) is 0.392. The Balaban J connectivity index is 2.32. The summed E-state index contributed by atoms with van der Waals surface area (Å²) in [5, 5.41) is 0. The minimum absolute atomic E-state index is 0.406. The van der Waals surface area contributed by atoms with Gasteiger partial charge in [-0.1, -0.05) is 84.9 Å². The highest BCUT2D eigenvalue weighted by atomic mass is 32.2. The van der Waals surface area contributed by atoms with Crippen molar-refractivity contribution in [2.24, 2.45) is 22.7 Å². The Bertz CT molecular complexity index is 710. The molecule has 1 nitrogen and oxygen atoms in total. The van der Waals surface area contributed by atoms with E-state index >= 15 is 0 Å². The van der Waals surface area contributed by atoms with E-state index in [-0.39, 0.29) is 0 Å². The molecule has 1 aromatic carbocycles. The number of nitrogens with zero attached hydrogens (tertiary/aromatic N) is 1. The van der Waals surface area contributed by atoms with E-state index in [1.807, 2.05) is 11.9 Å². The minimum Gasteiger partial charge on any atom is -0.292 e. The Morgan fingerprint density at radius 3 is 2.31 bits per heavy atom. The molecule has 1 fully saturated rings. The van der Waals surface area contributed by atoms with E-state index in [0.717, 1.165) is 17.9 Å². The first-order chi connectivity index (χ1) is 13.4. The van der Waals surface area contributed by atoms with Crippen molar-refractivity contribution in [3.63, 3.8) is 0 Å². The van der Waals surface area contributed by atoms with Gasteiger partial charge in [0.2, 0.25) is 0 Å². The number of aryl methyl sites for hydroxylation is 1. The van der Waals surface area contributed by atoms with Crippen LogP contribution in [0, 0.1) is 22.7 Å². The van der Waals surface area contributed by atoms with Gasteiger partial charge >= 0.3 is 0 Å². The highest BCUT2D eigenvalue weighted by Crippen LogP contribution is 2.50. The molecular formula is C27H43NS. The van der Waals surface area contributed by atoms with Crippen molar-refractivity contribution in [3.05, 3.63) is 53.7 Å². The van der Waals surface area contributed by atoms with Crippen molar-refractivity contribution in [2.75, 3.05) is 5.75 Å². The van der Waals surface area contributed by atoms with Crippen LogP contribution in [0.1, 0.15) is 85.8 Å². The van der Waals surface area contributed by atoms with E-state index < -0.39 is 0 Å². The lowest BCUT2D eigenvalue weighted by Gasteiger charge is -2.45. The molecule has 0 radical (unpaired) electrons. The molecule has 0 saturated heterocycles. The molecule has 162 valence electrons. The van der Waals surface area contributed by atoms with Crippen LogP contribution in [0.15, 0.2) is 42.6 Å². The SMILES string of the molecule is C=C(c1ccccc1CC)N(/C=C(\C)C1CC(C)(C)CC(C)(C)C1)SCC(C)C. The monoisotopic (exact) mass is 413 g/mol. The first kappa shape index (κ1) is 24.1. The summed E-state index contributed by atoms with van der Waals surface area (Å²) in [5.74, 6) is 2.39. The van der Waals surface area contributed by atoms with Gasteiger partial charge in [-0.05, 0) is 72.8 Å². The van der Waals surface area contributed by atoms with Gasteiger partial charge in [0.05, 0.1) is 5.70 Å². The highest BCUT2D eigenvalue weighted by Gasteiger charge is 2.39. The van der Waals surface area contributed by atoms with E-state index in [1.54, 1.807) is 0 Å². The number of rotatable bonds is 8. The maximum atomic E-state index is 4.53. The van der Waals surface area contributed by atoms with Crippen LogP contribution in [0.2, 0.25) is 0 Å². The second-order valence-corrected chi connectivity index (χ2v) is 11.9. The maximum Gasteiger partial charge on any atom is 0.0521 e. The summed E-state index contributed by atoms with van der Waals surface area (Å²) in [7, 11) is 0. The van der Waals surface area contributed by atoms with Crippen LogP contribution in [-0.4, -0.2) is 10.1 Å². The van der Waals surface area contributed by atoms with Crippen LogP contribution in [0.4, 0.5) is 0 Å². The fourth-order valence-electron chi connectivity index (χ4n) is 5.11. The molecule has 0 heterocycles. The van der Waals surface area contributed by atoms with Crippen LogP contribution < -0.4 is 0 Å². The second-order valence-electron chi connectivity index (χ2n) is 11.0. The van der Waals surface area contributed by atoms with Crippen LogP contribution in [0.5, 0.6) is 0 Å². The van der Waals surface area contributed by atoms with E-state index in [0.29, 0.717) is 22.7 Å². The fourth-order valence-corrected chi connectivity index (χ4v) is 6.06. The normalized spacial score (nSPS) is 19.4. The lowest BCUT2D eigenvalue weighted by molar-refractivity contribution is 0.0815. The molecule has 1 saturated carbocycles. The minimum atomic E-state index is 0.406. The molecular weight excluding hydrogens is 370 g/mol. The summed E-state index contributed by atoms with van der Waals surface area (Å²) in [4.78, 5) is 0. The van der Waals surface area contributed by atoms with Gasteiger partial charge in [-0.15, -0.1) is 0 Å². The standard InChI is InChI=1S/C27H43NS/c1-10-23-13-11-12-14-25(23)22(5)28(29-18-20(2)3)17-21(4)24-15-26(6,7)19-27(8,9)16-24/h11-14,17,20,24H,5,10,15-16,18-19H2,1-4,6-9H3/b21-17+. The molecule has 2 rings (SSSR count). The Kier molecular flexibility index (Phi) is 8.13. The summed E-state index contributed by atoms with van der Waals surface area (Å²) in [6.45, 7) is 23.4. The lowest BCUT2D eigenvalue weighted by Crippen LogP contribution is -2.34. The largest absolute Gasteiger partial charge is 0.292 e. The summed E-state index contributed by atoms with van der Waals surface area (Å²) in [5.41, 5.74) is 6.07. The predicted molar refractivity (Wildman–Crippen MR) is 133 cm³/mol. The smallest absolute Gasteiger partial charge is 0.0521 e. The van der Waals surface area contributed by atoms with Gasteiger partial charge in [0.15, 0.2) is 0 Å². The summed E-state index contributed by atoms with van der Waals surface area (Å²) >= 11 is 1.90. The highest BCUT2D eigenvalue weighted by molar-refractivity contribution is 7.97. The molecule has 0 aliphatic heterocycles. The second kappa shape index (κ2) is 9.77. The molecule has 0 amide bonds. The number of allylic oxidation sites excluding steroid dienone is 1. The Morgan fingerprint density at radius 2 is 1.76 bits per heavy atom. The van der Waals surface area contributed by atoms with E-state index in [1.165, 1.54) is 36.0 Å². The Morgan fingerprint density at radius 1 is 1.17 bits per heavy atom. The number of hydrogen-bond donors (Lipinski definition) is 0. The Hall–Kier alpha value is -1.15. The average molecular weight is 414 g/mol. The van der Waals surface area contributed by atoms with Gasteiger partial charge in [0.25, 0.3) is 0 Å². The van der Waals surface area contributed by atoms with Crippen molar-refractivity contribution in [1.82, 2.24) is 4.31 Å². The van der Waals surface area contributed by atoms with Gasteiger partial charge in [0.1, 0.15) is 0 Å². The molecule has 0 bridgehead atoms. The number of hydrogen-bond acceptors (Lipinski definition) is 2. The van der Waals surface area contributed by atoms with Gasteiger partial charge < -0.3 is 0 Å². The zero-order valence-corrected chi connectivity index (χ0v) is 21.0. The van der Waals surface area contributed by atoms with Gasteiger partial charge in [-0.2, -0.15) is 0 Å². The summed E-state index contributed by atoms with van der Waals surface area (Å²) < 4.78 is 2.36. The fraction of sp³-hybridized carbons (Fsp3) is 0.630. The predicted octanol–water partition coefficient (Wildman–Crippen LogP) is 8.58. The van der Waals surface area contributed by atoms with Crippen LogP contribution in [0.25, 0.3) is 5.70 Å². The van der Waals surface area contributed by atoms with Crippen molar-refractivity contribution in [2.45, 2.75) is 81.1 Å². The maximum absolute atomic E-state index is 4.53. The topological polar surface area (TPSA) is 3.24 Å². The summed E-state index contributed by atoms with van der Waals surface area (Å²) in [6, 6.07) is 8.72. The first-order valence-corrected chi connectivity index (χ1v) is 12.3. The van der Waals surface area contributed by atoms with Crippen molar-refractivity contribution >= 4 is 17.6 Å². The molecule has 2 heteroatoms. The molecule has 0 spiro atoms. The molecule has 0 aromatic heterocycles. The third-order valence-electron chi connectivity index (χ3n) is 6.04. The number of benzene rings is 1. The molecule has 0 N–H and O–H groups in total. The Labute approximate surface area is 185 Å². The van der Waals surface area contributed by atoms with E-state index in [4.69, 9.17) is 0 Å². The lowest BCUT2D eigenvalue weighted by atomic mass is 9.60. The molecule has 1 aliphatic carbocycles. The van der Waals surface area contributed by atoms with Crippen LogP contribution in [0.3, 0.4) is 0 Å². The van der Waals surface area contributed by atoms with Crippen molar-refractivity contribution in [1.29, 1.82) is 0 Å². The van der Waals surface area contributed by atoms with Gasteiger partial charge in [-0.25, -0.2) is 0 Å². The third-order valence-corrected chi connectivity index (χ3v) is 7.46. The molecule has 29 heavy (non-hydrogen) atoms. The van der Waals surface area contributed by atoms with E-state index in [2.05, 4.69) is 96.7 Å². The zero-order valence-electron chi connectivity index (χ0n) is 20.1. The zero-order chi connectivity index (χ0) is 21.8. The van der Waals surface area contributed by atoms with Crippen LogP contribution >= 0.6 is 11.9 Å². The molecule has 0 atom stereocenters.